The smallest absolute Gasteiger partial charge is 0.276 e. The number of piperazine rings is 1. The average molecular weight is 370 g/mol. The molecule has 0 unspecified atom stereocenters. The summed E-state index contributed by atoms with van der Waals surface area (Å²) >= 11 is 1.67. The fourth-order valence-corrected chi connectivity index (χ4v) is 4.05. The molecule has 1 N–H and O–H groups in total. The minimum absolute atomic E-state index is 0.197. The lowest BCUT2D eigenvalue weighted by molar-refractivity contribution is 0.102. The lowest BCUT2D eigenvalue weighted by Gasteiger charge is -2.31. The molecule has 1 aliphatic heterocycles. The summed E-state index contributed by atoms with van der Waals surface area (Å²) in [5.41, 5.74) is 3.10. The normalized spacial score (nSPS) is 15.6. The molecular formula is C18H22N6OS. The molecule has 0 aliphatic carbocycles. The predicted octanol–water partition coefficient (Wildman–Crippen LogP) is 2.34. The Bertz CT molecular complexity index is 934. The second-order valence-electron chi connectivity index (χ2n) is 6.72. The van der Waals surface area contributed by atoms with E-state index in [9.17, 15) is 4.79 Å². The summed E-state index contributed by atoms with van der Waals surface area (Å²) in [6.07, 6.45) is 0. The van der Waals surface area contributed by atoms with E-state index >= 15 is 0 Å². The number of rotatable bonds is 3. The molecule has 7 nitrogen and oxygen atoms in total. The van der Waals surface area contributed by atoms with E-state index in [4.69, 9.17) is 4.98 Å². The van der Waals surface area contributed by atoms with Gasteiger partial charge in [-0.25, -0.2) is 4.98 Å². The lowest BCUT2D eigenvalue weighted by atomic mass is 10.3. The molecule has 0 radical (unpaired) electrons. The molecule has 3 aromatic rings. The van der Waals surface area contributed by atoms with Gasteiger partial charge in [-0.3, -0.25) is 9.48 Å². The Kier molecular flexibility index (Phi) is 4.37. The van der Waals surface area contributed by atoms with Crippen molar-refractivity contribution >= 4 is 38.3 Å². The number of nitrogens with one attached hydrogen (secondary N) is 1. The molecule has 26 heavy (non-hydrogen) atoms. The zero-order valence-corrected chi connectivity index (χ0v) is 16.0. The number of hydrogen-bond acceptors (Lipinski definition) is 6. The van der Waals surface area contributed by atoms with E-state index in [0.29, 0.717) is 5.69 Å². The van der Waals surface area contributed by atoms with E-state index in [1.807, 2.05) is 32.2 Å². The van der Waals surface area contributed by atoms with Crippen molar-refractivity contribution in [2.45, 2.75) is 6.92 Å². The van der Waals surface area contributed by atoms with E-state index in [-0.39, 0.29) is 5.91 Å². The summed E-state index contributed by atoms with van der Waals surface area (Å²) in [7, 11) is 3.98. The maximum absolute atomic E-state index is 12.4. The van der Waals surface area contributed by atoms with E-state index in [1.54, 1.807) is 22.1 Å². The first kappa shape index (κ1) is 17.0. The molecule has 136 valence electrons. The van der Waals surface area contributed by atoms with Crippen molar-refractivity contribution in [1.82, 2.24) is 19.7 Å². The van der Waals surface area contributed by atoms with Crippen LogP contribution in [0.15, 0.2) is 24.3 Å². The number of fused-ring (bicyclic) bond motifs is 1. The first-order valence-corrected chi connectivity index (χ1v) is 9.47. The van der Waals surface area contributed by atoms with Crippen LogP contribution in [-0.4, -0.2) is 58.8 Å². The third kappa shape index (κ3) is 3.30. The van der Waals surface area contributed by atoms with Crippen LogP contribution in [0.5, 0.6) is 0 Å². The summed E-state index contributed by atoms with van der Waals surface area (Å²) in [6.45, 7) is 6.03. The molecule has 3 heterocycles. The number of carbonyl (C=O) groups excluding carboxylic acids is 1. The Labute approximate surface area is 156 Å². The van der Waals surface area contributed by atoms with Crippen LogP contribution in [0.2, 0.25) is 0 Å². The number of aromatic nitrogens is 3. The quantitative estimate of drug-likeness (QED) is 0.767. The van der Waals surface area contributed by atoms with Gasteiger partial charge in [-0.05, 0) is 38.2 Å². The van der Waals surface area contributed by atoms with Crippen molar-refractivity contribution in [3.05, 3.63) is 35.7 Å². The van der Waals surface area contributed by atoms with Crippen molar-refractivity contribution in [2.24, 2.45) is 7.05 Å². The second-order valence-corrected chi connectivity index (χ2v) is 7.73. The molecule has 1 aromatic carbocycles. The summed E-state index contributed by atoms with van der Waals surface area (Å²) in [5, 5.41) is 8.21. The molecule has 1 fully saturated rings. The Morgan fingerprint density at radius 2 is 1.92 bits per heavy atom. The number of thiazole rings is 1. The number of nitrogens with zero attached hydrogens (tertiary/aromatic N) is 5. The summed E-state index contributed by atoms with van der Waals surface area (Å²) in [4.78, 5) is 21.8. The van der Waals surface area contributed by atoms with Crippen LogP contribution in [0, 0.1) is 6.92 Å². The van der Waals surface area contributed by atoms with Crippen LogP contribution in [0.1, 0.15) is 16.2 Å². The third-order valence-electron chi connectivity index (χ3n) is 4.76. The van der Waals surface area contributed by atoms with Crippen molar-refractivity contribution < 1.29 is 4.79 Å². The minimum Gasteiger partial charge on any atom is -0.345 e. The van der Waals surface area contributed by atoms with Gasteiger partial charge in [0.1, 0.15) is 0 Å². The first-order chi connectivity index (χ1) is 12.5. The minimum atomic E-state index is -0.197. The summed E-state index contributed by atoms with van der Waals surface area (Å²) in [5.74, 6) is -0.197. The van der Waals surface area contributed by atoms with Gasteiger partial charge in [0.2, 0.25) is 0 Å². The SMILES string of the molecule is Cc1cc(C(=O)Nc2ccc3nc(N4CCN(C)CC4)sc3c2)nn1C. The largest absolute Gasteiger partial charge is 0.345 e. The number of carbonyl (C=O) groups is 1. The maximum Gasteiger partial charge on any atom is 0.276 e. The Morgan fingerprint density at radius 3 is 2.62 bits per heavy atom. The summed E-state index contributed by atoms with van der Waals surface area (Å²) < 4.78 is 2.78. The zero-order chi connectivity index (χ0) is 18.3. The average Bonchev–Trinajstić information content (AvgIpc) is 3.19. The molecule has 8 heteroatoms. The third-order valence-corrected chi connectivity index (χ3v) is 5.83. The van der Waals surface area contributed by atoms with E-state index < -0.39 is 0 Å². The van der Waals surface area contributed by atoms with Gasteiger partial charge in [0.05, 0.1) is 10.2 Å². The fourth-order valence-electron chi connectivity index (χ4n) is 2.99. The van der Waals surface area contributed by atoms with Gasteiger partial charge in [0.25, 0.3) is 5.91 Å². The van der Waals surface area contributed by atoms with E-state index in [2.05, 4.69) is 27.3 Å². The number of benzene rings is 1. The Hall–Kier alpha value is -2.45. The van der Waals surface area contributed by atoms with E-state index in [1.165, 1.54) is 0 Å². The van der Waals surface area contributed by atoms with Crippen LogP contribution in [0.3, 0.4) is 0 Å². The van der Waals surface area contributed by atoms with Gasteiger partial charge in [0.15, 0.2) is 10.8 Å². The Morgan fingerprint density at radius 1 is 1.15 bits per heavy atom. The highest BCUT2D eigenvalue weighted by Gasteiger charge is 2.18. The van der Waals surface area contributed by atoms with Crippen LogP contribution in [0.25, 0.3) is 10.2 Å². The number of hydrogen-bond donors (Lipinski definition) is 1. The molecule has 0 spiro atoms. The predicted molar refractivity (Wildman–Crippen MR) is 105 cm³/mol. The molecule has 2 aromatic heterocycles. The maximum atomic E-state index is 12.4. The molecule has 0 saturated carbocycles. The number of aryl methyl sites for hydroxylation is 2. The van der Waals surface area contributed by atoms with Crippen LogP contribution in [0.4, 0.5) is 10.8 Å². The van der Waals surface area contributed by atoms with Gasteiger partial charge in [-0.15, -0.1) is 0 Å². The molecule has 1 amide bonds. The topological polar surface area (TPSA) is 66.3 Å². The number of anilines is 2. The van der Waals surface area contributed by atoms with Crippen molar-refractivity contribution in [3.8, 4) is 0 Å². The Balaban J connectivity index is 1.53. The fraction of sp³-hybridized carbons (Fsp3) is 0.389. The van der Waals surface area contributed by atoms with E-state index in [0.717, 1.165) is 52.9 Å². The molecular weight excluding hydrogens is 348 g/mol. The highest BCUT2D eigenvalue weighted by atomic mass is 32.1. The highest BCUT2D eigenvalue weighted by molar-refractivity contribution is 7.22. The van der Waals surface area contributed by atoms with Crippen LogP contribution < -0.4 is 10.2 Å². The van der Waals surface area contributed by atoms with Gasteiger partial charge in [0, 0.05) is 44.6 Å². The molecule has 0 bridgehead atoms. The number of likely N-dealkylation sites (N-methyl/N-ethyl adjacent to an activating group) is 1. The number of amides is 1. The van der Waals surface area contributed by atoms with Crippen molar-refractivity contribution in [1.29, 1.82) is 0 Å². The van der Waals surface area contributed by atoms with Gasteiger partial charge < -0.3 is 15.1 Å². The van der Waals surface area contributed by atoms with Crippen LogP contribution >= 0.6 is 11.3 Å². The second kappa shape index (κ2) is 6.69. The lowest BCUT2D eigenvalue weighted by Crippen LogP contribution is -2.44. The first-order valence-electron chi connectivity index (χ1n) is 8.66. The molecule has 4 rings (SSSR count). The summed E-state index contributed by atoms with van der Waals surface area (Å²) in [6, 6.07) is 7.63. The molecule has 1 saturated heterocycles. The van der Waals surface area contributed by atoms with Crippen molar-refractivity contribution in [3.63, 3.8) is 0 Å². The van der Waals surface area contributed by atoms with Gasteiger partial charge in [-0.2, -0.15) is 5.10 Å². The zero-order valence-electron chi connectivity index (χ0n) is 15.2. The van der Waals surface area contributed by atoms with Crippen LogP contribution in [-0.2, 0) is 7.05 Å². The van der Waals surface area contributed by atoms with Crippen molar-refractivity contribution in [2.75, 3.05) is 43.4 Å². The molecule has 0 atom stereocenters. The standard InChI is InChI=1S/C18H22N6OS/c1-12-10-15(21-23(12)3)17(25)19-13-4-5-14-16(11-13)26-18(20-14)24-8-6-22(2)7-9-24/h4-5,10-11H,6-9H2,1-3H3,(H,19,25). The highest BCUT2D eigenvalue weighted by Crippen LogP contribution is 2.31. The van der Waals surface area contributed by atoms with Gasteiger partial charge >= 0.3 is 0 Å². The van der Waals surface area contributed by atoms with Gasteiger partial charge in [-0.1, -0.05) is 11.3 Å². The molecule has 1 aliphatic rings. The monoisotopic (exact) mass is 370 g/mol.